The Labute approximate surface area is 180 Å². The molecule has 0 aliphatic carbocycles. The molecule has 0 aromatic carbocycles. The second kappa shape index (κ2) is 17.9. The fourth-order valence-corrected chi connectivity index (χ4v) is 1.41. The molecule has 0 radical (unpaired) electrons. The van der Waals surface area contributed by atoms with Gasteiger partial charge in [-0.05, 0) is 0 Å². The molecule has 0 saturated carbocycles. The summed E-state index contributed by atoms with van der Waals surface area (Å²) in [4.78, 5) is 31.1. The van der Waals surface area contributed by atoms with Gasteiger partial charge in [0.25, 0.3) is 0 Å². The second-order valence-electron chi connectivity index (χ2n) is 2.24. The zero-order valence-corrected chi connectivity index (χ0v) is 19.7. The maximum atomic E-state index is 10.1. The zero-order chi connectivity index (χ0) is 12.6. The van der Waals surface area contributed by atoms with E-state index in [1.807, 2.05) is 0 Å². The van der Waals surface area contributed by atoms with Crippen molar-refractivity contribution in [2.45, 2.75) is 0 Å². The monoisotopic (exact) mass is 353 g/mol. The van der Waals surface area contributed by atoms with E-state index in [9.17, 15) is 27.8 Å². The van der Waals surface area contributed by atoms with Crippen molar-refractivity contribution in [3.05, 3.63) is 0 Å². The molecular formula is C3H6NNa3O9Si3. The number of hydrogen-bond donors (Lipinski definition) is 0. The summed E-state index contributed by atoms with van der Waals surface area (Å²) in [5.74, 6) is 0. The predicted octanol–water partition coefficient (Wildman–Crippen LogP) is -14.5. The minimum absolute atomic E-state index is 0. The predicted molar refractivity (Wildman–Crippen MR) is 39.0 cm³/mol. The van der Waals surface area contributed by atoms with E-state index in [-0.39, 0.29) is 88.7 Å². The van der Waals surface area contributed by atoms with Crippen molar-refractivity contribution in [2.75, 3.05) is 20.2 Å². The van der Waals surface area contributed by atoms with Crippen LogP contribution >= 0.6 is 0 Å². The molecule has 0 aliphatic heterocycles. The van der Waals surface area contributed by atoms with Gasteiger partial charge >= 0.3 is 116 Å². The standard InChI is InChI=1S/C3H6NO9Si3.3Na/c5-14(6)11-1-4(2-12-15(7)8)3-13-16(9)10;;;/h1-3H2;;;/q-3;3*+1. The maximum absolute atomic E-state index is 10.1. The van der Waals surface area contributed by atoms with Gasteiger partial charge in [0.15, 0.2) is 0 Å². The Bertz CT molecular complexity index is 240. The summed E-state index contributed by atoms with van der Waals surface area (Å²) < 4.78 is 42.7. The van der Waals surface area contributed by atoms with Crippen LogP contribution in [0.1, 0.15) is 0 Å². The molecule has 19 heavy (non-hydrogen) atoms. The van der Waals surface area contributed by atoms with Crippen LogP contribution in [0.15, 0.2) is 0 Å². The number of nitrogens with zero attached hydrogens (tertiary/aromatic N) is 1. The molecule has 0 saturated heterocycles. The Morgan fingerprint density at radius 3 is 1.05 bits per heavy atom. The second-order valence-corrected chi connectivity index (χ2v) is 4.61. The van der Waals surface area contributed by atoms with Gasteiger partial charge in [0.2, 0.25) is 0 Å². The minimum atomic E-state index is -3.45. The molecule has 0 aliphatic rings. The molecule has 0 spiro atoms. The van der Waals surface area contributed by atoms with Crippen molar-refractivity contribution < 1.29 is 130 Å². The molecular weight excluding hydrogens is 347 g/mol. The summed E-state index contributed by atoms with van der Waals surface area (Å²) in [6.45, 7) is -1.69. The summed E-state index contributed by atoms with van der Waals surface area (Å²) >= 11 is 0. The largest absolute Gasteiger partial charge is 1.00 e. The molecule has 0 atom stereocenters. The summed E-state index contributed by atoms with van der Waals surface area (Å²) in [5.41, 5.74) is 0. The van der Waals surface area contributed by atoms with Crippen LogP contribution in [0, 0.1) is 0 Å². The van der Waals surface area contributed by atoms with Crippen LogP contribution in [-0.2, 0) is 26.7 Å². The van der Waals surface area contributed by atoms with Gasteiger partial charge in [-0.2, -0.15) is 0 Å². The quantitative estimate of drug-likeness (QED) is 0.288. The SMILES string of the molecule is O=[Si]([O-])OCN(CO[Si](=O)[O-])CO[Si](=O)[O-].[Na+].[Na+].[Na+]. The maximum Gasteiger partial charge on any atom is 1.00 e. The summed E-state index contributed by atoms with van der Waals surface area (Å²) in [7, 11) is -10.4. The van der Waals surface area contributed by atoms with Crippen molar-refractivity contribution >= 4 is 27.5 Å². The molecule has 10 nitrogen and oxygen atoms in total. The van der Waals surface area contributed by atoms with Crippen LogP contribution in [0.25, 0.3) is 0 Å². The van der Waals surface area contributed by atoms with Gasteiger partial charge in [0.1, 0.15) is 0 Å². The van der Waals surface area contributed by atoms with Crippen molar-refractivity contribution in [3.63, 3.8) is 0 Å². The third kappa shape index (κ3) is 22.2. The van der Waals surface area contributed by atoms with Crippen molar-refractivity contribution in [3.8, 4) is 0 Å². The Hall–Kier alpha value is 1.81. The van der Waals surface area contributed by atoms with Crippen LogP contribution in [0.2, 0.25) is 0 Å². The zero-order valence-electron chi connectivity index (χ0n) is 10.7. The molecule has 0 bridgehead atoms. The number of hydrogen-bond acceptors (Lipinski definition) is 10. The topological polar surface area (TPSA) is 151 Å². The first-order chi connectivity index (χ1) is 7.41. The van der Waals surface area contributed by atoms with Crippen LogP contribution in [0.3, 0.4) is 0 Å². The summed E-state index contributed by atoms with van der Waals surface area (Å²) in [6, 6.07) is 0. The van der Waals surface area contributed by atoms with E-state index in [1.54, 1.807) is 0 Å². The normalized spacial score (nSPS) is 8.05. The van der Waals surface area contributed by atoms with Crippen molar-refractivity contribution in [1.29, 1.82) is 0 Å². The van der Waals surface area contributed by atoms with E-state index < -0.39 is 47.7 Å². The Balaban J connectivity index is -0.000000375. The van der Waals surface area contributed by atoms with E-state index in [2.05, 4.69) is 13.3 Å². The molecule has 0 rings (SSSR count). The average molecular weight is 353 g/mol. The van der Waals surface area contributed by atoms with Crippen LogP contribution in [0.5, 0.6) is 0 Å². The van der Waals surface area contributed by atoms with Gasteiger partial charge in [-0.25, -0.2) is 0 Å². The van der Waals surface area contributed by atoms with E-state index in [4.69, 9.17) is 0 Å². The van der Waals surface area contributed by atoms with E-state index in [1.165, 1.54) is 0 Å². The third-order valence-corrected chi connectivity index (χ3v) is 2.19. The van der Waals surface area contributed by atoms with Gasteiger partial charge < -0.3 is 41.1 Å². The van der Waals surface area contributed by atoms with Gasteiger partial charge in [-0.1, -0.05) is 0 Å². The molecule has 0 fully saturated rings. The first-order valence-corrected chi connectivity index (χ1v) is 7.33. The molecule has 16 heteroatoms. The molecule has 0 aromatic rings. The molecule has 0 heterocycles. The molecule has 0 N–H and O–H groups in total. The molecule has 92 valence electrons. The van der Waals surface area contributed by atoms with Crippen LogP contribution in [-0.4, -0.2) is 52.6 Å². The molecule has 0 amide bonds. The first kappa shape index (κ1) is 28.9. The minimum Gasteiger partial charge on any atom is -0.575 e. The first-order valence-electron chi connectivity index (χ1n) is 3.65. The fourth-order valence-electron chi connectivity index (χ4n) is 0.544. The summed E-state index contributed by atoms with van der Waals surface area (Å²) in [5, 5.41) is 0. The Morgan fingerprint density at radius 1 is 0.684 bits per heavy atom. The van der Waals surface area contributed by atoms with E-state index in [0.717, 1.165) is 4.90 Å². The Kier molecular flexibility index (Phi) is 27.2. The molecule has 0 unspecified atom stereocenters. The Morgan fingerprint density at radius 2 is 0.895 bits per heavy atom. The fraction of sp³-hybridized carbons (Fsp3) is 1.00. The van der Waals surface area contributed by atoms with Crippen LogP contribution in [0.4, 0.5) is 0 Å². The van der Waals surface area contributed by atoms with E-state index >= 15 is 0 Å². The average Bonchev–Trinajstić information content (AvgIpc) is 2.15. The van der Waals surface area contributed by atoms with Gasteiger partial charge in [0.05, 0.1) is 20.2 Å². The van der Waals surface area contributed by atoms with Gasteiger partial charge in [-0.15, -0.1) is 0 Å². The molecule has 0 aromatic heterocycles. The van der Waals surface area contributed by atoms with Crippen molar-refractivity contribution in [2.24, 2.45) is 0 Å². The number of rotatable bonds is 9. The third-order valence-electron chi connectivity index (χ3n) is 1.09. The van der Waals surface area contributed by atoms with Gasteiger partial charge in [-0.3, -0.25) is 4.90 Å². The van der Waals surface area contributed by atoms with Crippen LogP contribution < -0.4 is 103 Å². The summed E-state index contributed by atoms with van der Waals surface area (Å²) in [6.07, 6.45) is 0. The van der Waals surface area contributed by atoms with E-state index in [0.29, 0.717) is 0 Å². The smallest absolute Gasteiger partial charge is 0.575 e. The van der Waals surface area contributed by atoms with Gasteiger partial charge in [0, 0.05) is 0 Å². The van der Waals surface area contributed by atoms with Crippen molar-refractivity contribution in [1.82, 2.24) is 4.90 Å².